The van der Waals surface area contributed by atoms with E-state index in [1.807, 2.05) is 6.92 Å². The van der Waals surface area contributed by atoms with Crippen LogP contribution in [0.1, 0.15) is 15.2 Å². The molecular formula is C14H12FN3O4S2. The number of benzene rings is 1. The molecule has 1 heterocycles. The number of ether oxygens (including phenoxy) is 1. The number of carbonyl (C=O) groups is 1. The van der Waals surface area contributed by atoms with Gasteiger partial charge in [0.1, 0.15) is 16.5 Å². The minimum Gasteiger partial charge on any atom is -0.465 e. The monoisotopic (exact) mass is 369 g/mol. The first-order valence-electron chi connectivity index (χ1n) is 6.52. The molecule has 0 radical (unpaired) electrons. The largest absolute Gasteiger partial charge is 0.465 e. The van der Waals surface area contributed by atoms with E-state index >= 15 is 0 Å². The minimum absolute atomic E-state index is 0.0247. The third kappa shape index (κ3) is 4.03. The van der Waals surface area contributed by atoms with Gasteiger partial charge in [-0.15, -0.1) is 11.3 Å². The molecular weight excluding hydrogens is 357 g/mol. The van der Waals surface area contributed by atoms with E-state index in [0.29, 0.717) is 10.6 Å². The number of nitrogens with one attached hydrogen (secondary N) is 2. The Morgan fingerprint density at radius 1 is 1.38 bits per heavy atom. The Labute approximate surface area is 145 Å². The third-order valence-corrected chi connectivity index (χ3v) is 4.06. The van der Waals surface area contributed by atoms with Crippen molar-refractivity contribution in [1.29, 1.82) is 0 Å². The summed E-state index contributed by atoms with van der Waals surface area (Å²) in [5.41, 5.74) is -0.112. The van der Waals surface area contributed by atoms with Gasteiger partial charge >= 0.3 is 5.97 Å². The Morgan fingerprint density at radius 3 is 2.71 bits per heavy atom. The number of nitro benzene ring substituents is 1. The lowest BCUT2D eigenvalue weighted by atomic mass is 10.2. The summed E-state index contributed by atoms with van der Waals surface area (Å²) in [6, 6.07) is 4.72. The molecule has 0 fully saturated rings. The number of thiophene rings is 1. The maximum absolute atomic E-state index is 13.1. The Morgan fingerprint density at radius 2 is 2.08 bits per heavy atom. The third-order valence-electron chi connectivity index (χ3n) is 2.89. The molecule has 10 heteroatoms. The normalized spacial score (nSPS) is 10.1. The minimum atomic E-state index is -0.729. The van der Waals surface area contributed by atoms with Crippen molar-refractivity contribution >= 4 is 51.0 Å². The van der Waals surface area contributed by atoms with Gasteiger partial charge in [-0.05, 0) is 37.3 Å². The summed E-state index contributed by atoms with van der Waals surface area (Å²) in [5.74, 6) is -1.26. The van der Waals surface area contributed by atoms with E-state index in [0.717, 1.165) is 17.0 Å². The number of hydrogen-bond acceptors (Lipinski definition) is 6. The van der Waals surface area contributed by atoms with Gasteiger partial charge in [0.05, 0.1) is 23.7 Å². The number of halogens is 1. The van der Waals surface area contributed by atoms with Crippen molar-refractivity contribution in [2.45, 2.75) is 6.92 Å². The summed E-state index contributed by atoms with van der Waals surface area (Å²) in [4.78, 5) is 22.8. The number of hydrogen-bond donors (Lipinski definition) is 2. The van der Waals surface area contributed by atoms with Gasteiger partial charge in [-0.3, -0.25) is 10.1 Å². The van der Waals surface area contributed by atoms with Gasteiger partial charge < -0.3 is 15.4 Å². The quantitative estimate of drug-likeness (QED) is 0.367. The summed E-state index contributed by atoms with van der Waals surface area (Å²) in [7, 11) is 1.26. The first-order valence-corrected chi connectivity index (χ1v) is 7.75. The number of esters is 1. The molecule has 24 heavy (non-hydrogen) atoms. The molecule has 7 nitrogen and oxygen atoms in total. The average Bonchev–Trinajstić information content (AvgIpc) is 2.88. The molecule has 2 aromatic rings. The van der Waals surface area contributed by atoms with Gasteiger partial charge in [0.2, 0.25) is 0 Å². The second kappa shape index (κ2) is 7.32. The molecule has 2 N–H and O–H groups in total. The molecule has 1 aromatic heterocycles. The van der Waals surface area contributed by atoms with Crippen LogP contribution in [0.5, 0.6) is 0 Å². The fraction of sp³-hybridized carbons (Fsp3) is 0.143. The van der Waals surface area contributed by atoms with Gasteiger partial charge in [0.15, 0.2) is 5.11 Å². The standard InChI is InChI=1S/C14H12FN3O4S2/c1-7-5-9(13(19)22-2)12(24-7)17-14(23)16-10-4-3-8(15)6-11(10)18(20)21/h3-6H,1-2H3,(H2,16,17,23). The van der Waals surface area contributed by atoms with Crippen LogP contribution in [0.2, 0.25) is 0 Å². The maximum atomic E-state index is 13.1. The smallest absolute Gasteiger partial charge is 0.340 e. The molecule has 0 aliphatic heterocycles. The molecule has 2 rings (SSSR count). The number of nitrogens with zero attached hydrogens (tertiary/aromatic N) is 1. The van der Waals surface area contributed by atoms with Crippen LogP contribution in [0.3, 0.4) is 0 Å². The van der Waals surface area contributed by atoms with Crippen molar-refractivity contribution in [2.24, 2.45) is 0 Å². The predicted octanol–water partition coefficient (Wildman–Crippen LogP) is 3.70. The summed E-state index contributed by atoms with van der Waals surface area (Å²) in [5, 5.41) is 16.9. The molecule has 0 aliphatic carbocycles. The van der Waals surface area contributed by atoms with E-state index in [-0.39, 0.29) is 10.8 Å². The van der Waals surface area contributed by atoms with Crippen molar-refractivity contribution in [1.82, 2.24) is 0 Å². The van der Waals surface area contributed by atoms with Crippen LogP contribution in [0, 0.1) is 22.9 Å². The zero-order valence-corrected chi connectivity index (χ0v) is 14.2. The highest BCUT2D eigenvalue weighted by Crippen LogP contribution is 2.29. The number of rotatable bonds is 4. The number of aryl methyl sites for hydroxylation is 1. The second-order valence-electron chi connectivity index (χ2n) is 4.59. The molecule has 0 atom stereocenters. The van der Waals surface area contributed by atoms with Gasteiger partial charge in [-0.1, -0.05) is 0 Å². The van der Waals surface area contributed by atoms with E-state index in [1.165, 1.54) is 24.5 Å². The number of thiocarbonyl (C=S) groups is 1. The van der Waals surface area contributed by atoms with Gasteiger partial charge in [-0.25, -0.2) is 9.18 Å². The van der Waals surface area contributed by atoms with E-state index in [2.05, 4.69) is 15.4 Å². The van der Waals surface area contributed by atoms with Crippen LogP contribution in [-0.4, -0.2) is 23.1 Å². The first kappa shape index (κ1) is 17.8. The van der Waals surface area contributed by atoms with Gasteiger partial charge in [-0.2, -0.15) is 0 Å². The SMILES string of the molecule is COC(=O)c1cc(C)sc1NC(=S)Nc1ccc(F)cc1[N+](=O)[O-]. The van der Waals surface area contributed by atoms with Gasteiger partial charge in [0, 0.05) is 4.88 Å². The average molecular weight is 369 g/mol. The Kier molecular flexibility index (Phi) is 5.42. The van der Waals surface area contributed by atoms with E-state index < -0.39 is 22.4 Å². The molecule has 0 bridgehead atoms. The van der Waals surface area contributed by atoms with Crippen LogP contribution in [-0.2, 0) is 4.74 Å². The maximum Gasteiger partial charge on any atom is 0.340 e. The fourth-order valence-corrected chi connectivity index (χ4v) is 3.07. The van der Waals surface area contributed by atoms with Gasteiger partial charge in [0.25, 0.3) is 5.69 Å². The highest BCUT2D eigenvalue weighted by atomic mass is 32.1. The highest BCUT2D eigenvalue weighted by molar-refractivity contribution is 7.80. The van der Waals surface area contributed by atoms with Crippen molar-refractivity contribution in [3.8, 4) is 0 Å². The topological polar surface area (TPSA) is 93.5 Å². The molecule has 0 amide bonds. The molecule has 1 aromatic carbocycles. The summed E-state index contributed by atoms with van der Waals surface area (Å²) < 4.78 is 17.8. The predicted molar refractivity (Wildman–Crippen MR) is 93.3 cm³/mol. The Balaban J connectivity index is 2.21. The summed E-state index contributed by atoms with van der Waals surface area (Å²) >= 11 is 6.38. The Bertz CT molecular complexity index is 822. The van der Waals surface area contributed by atoms with Crippen LogP contribution in [0.4, 0.5) is 20.8 Å². The van der Waals surface area contributed by atoms with Crippen LogP contribution < -0.4 is 10.6 Å². The van der Waals surface area contributed by atoms with Crippen LogP contribution in [0.15, 0.2) is 24.3 Å². The molecule has 126 valence electrons. The molecule has 0 aliphatic rings. The fourth-order valence-electron chi connectivity index (χ4n) is 1.89. The molecule has 0 saturated carbocycles. The first-order chi connectivity index (χ1) is 11.3. The number of carbonyl (C=O) groups excluding carboxylic acids is 1. The van der Waals surface area contributed by atoms with Crippen molar-refractivity contribution in [3.63, 3.8) is 0 Å². The zero-order valence-electron chi connectivity index (χ0n) is 12.6. The van der Waals surface area contributed by atoms with Crippen molar-refractivity contribution < 1.29 is 18.8 Å². The summed E-state index contributed by atoms with van der Waals surface area (Å²) in [6.07, 6.45) is 0. The molecule has 0 saturated heterocycles. The zero-order chi connectivity index (χ0) is 17.9. The van der Waals surface area contributed by atoms with Crippen molar-refractivity contribution in [2.75, 3.05) is 17.7 Å². The van der Waals surface area contributed by atoms with E-state index in [1.54, 1.807) is 6.07 Å². The number of methoxy groups -OCH3 is 1. The molecule has 0 unspecified atom stereocenters. The lowest BCUT2D eigenvalue weighted by Crippen LogP contribution is -2.20. The Hall–Kier alpha value is -2.59. The highest BCUT2D eigenvalue weighted by Gasteiger charge is 2.19. The number of nitro groups is 1. The van der Waals surface area contributed by atoms with E-state index in [4.69, 9.17) is 12.2 Å². The lowest BCUT2D eigenvalue weighted by molar-refractivity contribution is -0.384. The van der Waals surface area contributed by atoms with E-state index in [9.17, 15) is 19.3 Å². The van der Waals surface area contributed by atoms with Crippen LogP contribution >= 0.6 is 23.6 Å². The van der Waals surface area contributed by atoms with Crippen molar-refractivity contribution in [3.05, 3.63) is 50.6 Å². The lowest BCUT2D eigenvalue weighted by Gasteiger charge is -2.10. The summed E-state index contributed by atoms with van der Waals surface area (Å²) in [6.45, 7) is 1.81. The second-order valence-corrected chi connectivity index (χ2v) is 6.25. The number of anilines is 2. The molecule has 0 spiro atoms. The van der Waals surface area contributed by atoms with Crippen LogP contribution in [0.25, 0.3) is 0 Å².